The molecule has 0 heterocycles. The molecule has 1 aromatic carbocycles. The van der Waals surface area contributed by atoms with Crippen LogP contribution in [-0.2, 0) is 4.79 Å². The summed E-state index contributed by atoms with van der Waals surface area (Å²) >= 11 is 0. The lowest BCUT2D eigenvalue weighted by molar-refractivity contribution is -0.138. The van der Waals surface area contributed by atoms with Gasteiger partial charge in [-0.1, -0.05) is 12.1 Å². The van der Waals surface area contributed by atoms with Crippen LogP contribution in [0.4, 0.5) is 4.39 Å². The first-order valence-corrected chi connectivity index (χ1v) is 3.50. The number of hydrogen-bond donors (Lipinski definition) is 3. The van der Waals surface area contributed by atoms with Crippen LogP contribution in [0.5, 0.6) is 5.75 Å². The van der Waals surface area contributed by atoms with E-state index in [0.29, 0.717) is 0 Å². The van der Waals surface area contributed by atoms with Crippen molar-refractivity contribution in [3.63, 3.8) is 0 Å². The number of phenols is 1. The fourth-order valence-corrected chi connectivity index (χ4v) is 0.916. The van der Waals surface area contributed by atoms with Crippen LogP contribution in [0, 0.1) is 5.82 Å². The number of aliphatic carboxylic acids is 1. The van der Waals surface area contributed by atoms with Gasteiger partial charge in [0, 0.05) is 5.56 Å². The molecule has 0 amide bonds. The minimum atomic E-state index is -1.41. The first kappa shape index (κ1) is 9.47. The standard InChI is InChI=1S/C8H8FNO3/c9-5-3-1-2-4(7(5)11)6(10)8(12)13/h1-3,6,11H,10H2,(H,12,13)/t6-/m0/s1. The summed E-state index contributed by atoms with van der Waals surface area (Å²) < 4.78 is 12.7. The van der Waals surface area contributed by atoms with Gasteiger partial charge in [0.2, 0.25) is 0 Å². The molecule has 5 heteroatoms. The molecule has 4 nitrogen and oxygen atoms in total. The van der Waals surface area contributed by atoms with Crippen molar-refractivity contribution in [2.24, 2.45) is 5.73 Å². The van der Waals surface area contributed by atoms with Crippen LogP contribution >= 0.6 is 0 Å². The van der Waals surface area contributed by atoms with E-state index < -0.39 is 23.6 Å². The van der Waals surface area contributed by atoms with Gasteiger partial charge in [0.15, 0.2) is 11.6 Å². The second-order valence-electron chi connectivity index (χ2n) is 2.49. The van der Waals surface area contributed by atoms with Crippen LogP contribution in [0.1, 0.15) is 11.6 Å². The van der Waals surface area contributed by atoms with Crippen molar-refractivity contribution in [1.82, 2.24) is 0 Å². The average molecular weight is 185 g/mol. The molecule has 0 radical (unpaired) electrons. The third-order valence-corrected chi connectivity index (χ3v) is 1.62. The lowest BCUT2D eigenvalue weighted by Crippen LogP contribution is -2.20. The number of carbonyl (C=O) groups is 1. The lowest BCUT2D eigenvalue weighted by Gasteiger charge is -2.08. The fourth-order valence-electron chi connectivity index (χ4n) is 0.916. The minimum Gasteiger partial charge on any atom is -0.505 e. The van der Waals surface area contributed by atoms with Crippen LogP contribution in [-0.4, -0.2) is 16.2 Å². The van der Waals surface area contributed by atoms with E-state index in [9.17, 15) is 9.18 Å². The topological polar surface area (TPSA) is 83.6 Å². The molecular weight excluding hydrogens is 177 g/mol. The van der Waals surface area contributed by atoms with Crippen LogP contribution in [0.25, 0.3) is 0 Å². The number of halogens is 1. The number of nitrogens with two attached hydrogens (primary N) is 1. The van der Waals surface area contributed by atoms with Crippen LogP contribution in [0.15, 0.2) is 18.2 Å². The van der Waals surface area contributed by atoms with Gasteiger partial charge in [-0.3, -0.25) is 4.79 Å². The quantitative estimate of drug-likeness (QED) is 0.630. The zero-order chi connectivity index (χ0) is 10.0. The molecule has 4 N–H and O–H groups in total. The van der Waals surface area contributed by atoms with Crippen LogP contribution in [0.2, 0.25) is 0 Å². The van der Waals surface area contributed by atoms with Gasteiger partial charge < -0.3 is 15.9 Å². The molecule has 0 aliphatic heterocycles. The second-order valence-corrected chi connectivity index (χ2v) is 2.49. The van der Waals surface area contributed by atoms with Crippen molar-refractivity contribution in [1.29, 1.82) is 0 Å². The third kappa shape index (κ3) is 1.75. The Morgan fingerprint density at radius 1 is 1.54 bits per heavy atom. The molecule has 0 bridgehead atoms. The molecule has 0 saturated heterocycles. The van der Waals surface area contributed by atoms with Gasteiger partial charge in [-0.15, -0.1) is 0 Å². The number of rotatable bonds is 2. The molecule has 0 saturated carbocycles. The van der Waals surface area contributed by atoms with Gasteiger partial charge in [-0.2, -0.15) is 0 Å². The van der Waals surface area contributed by atoms with E-state index in [1.165, 1.54) is 12.1 Å². The first-order chi connectivity index (χ1) is 6.04. The number of carboxylic acid groups (broad SMARTS) is 1. The Bertz CT molecular complexity index is 340. The van der Waals surface area contributed by atoms with Gasteiger partial charge in [0.1, 0.15) is 6.04 Å². The maximum Gasteiger partial charge on any atom is 0.325 e. The van der Waals surface area contributed by atoms with Gasteiger partial charge in [0.25, 0.3) is 0 Å². The van der Waals surface area contributed by atoms with Gasteiger partial charge in [-0.25, -0.2) is 4.39 Å². The van der Waals surface area contributed by atoms with Crippen molar-refractivity contribution in [3.8, 4) is 5.75 Å². The SMILES string of the molecule is N[C@H](C(=O)O)c1cccc(F)c1O. The number of phenolic OH excluding ortho intramolecular Hbond substituents is 1. The third-order valence-electron chi connectivity index (χ3n) is 1.62. The summed E-state index contributed by atoms with van der Waals surface area (Å²) in [4.78, 5) is 10.4. The highest BCUT2D eigenvalue weighted by Gasteiger charge is 2.19. The normalized spacial score (nSPS) is 12.5. The molecule has 13 heavy (non-hydrogen) atoms. The van der Waals surface area contributed by atoms with Gasteiger partial charge in [0.05, 0.1) is 0 Å². The maximum atomic E-state index is 12.7. The highest BCUT2D eigenvalue weighted by molar-refractivity contribution is 5.76. The molecule has 70 valence electrons. The minimum absolute atomic E-state index is 0.132. The Morgan fingerprint density at radius 3 is 2.69 bits per heavy atom. The van der Waals surface area contributed by atoms with Crippen LogP contribution < -0.4 is 5.73 Å². The number of hydrogen-bond acceptors (Lipinski definition) is 3. The molecule has 1 rings (SSSR count). The molecule has 0 unspecified atom stereocenters. The van der Waals surface area contributed by atoms with E-state index in [-0.39, 0.29) is 5.56 Å². The molecular formula is C8H8FNO3. The Morgan fingerprint density at radius 2 is 2.15 bits per heavy atom. The summed E-state index contributed by atoms with van der Waals surface area (Å²) in [6.45, 7) is 0. The average Bonchev–Trinajstić information content (AvgIpc) is 2.08. The van der Waals surface area contributed by atoms with Crippen molar-refractivity contribution < 1.29 is 19.4 Å². The summed E-state index contributed by atoms with van der Waals surface area (Å²) in [5, 5.41) is 17.6. The molecule has 1 atom stereocenters. The largest absolute Gasteiger partial charge is 0.505 e. The monoisotopic (exact) mass is 185 g/mol. The highest BCUT2D eigenvalue weighted by atomic mass is 19.1. The van der Waals surface area contributed by atoms with Crippen molar-refractivity contribution in [2.45, 2.75) is 6.04 Å². The Hall–Kier alpha value is -1.62. The molecule has 0 spiro atoms. The molecule has 0 aromatic heterocycles. The number of para-hydroxylation sites is 1. The number of carboxylic acids is 1. The second kappa shape index (κ2) is 3.40. The summed E-state index contributed by atoms with van der Waals surface area (Å²) in [5.74, 6) is -2.91. The number of aromatic hydroxyl groups is 1. The molecule has 1 aromatic rings. The Labute approximate surface area is 73.4 Å². The summed E-state index contributed by atoms with van der Waals surface area (Å²) in [6.07, 6.45) is 0. The van der Waals surface area contributed by atoms with E-state index in [1.54, 1.807) is 0 Å². The van der Waals surface area contributed by atoms with Crippen molar-refractivity contribution in [3.05, 3.63) is 29.6 Å². The van der Waals surface area contributed by atoms with Crippen LogP contribution in [0.3, 0.4) is 0 Å². The Balaban J connectivity index is 3.15. The summed E-state index contributed by atoms with van der Waals surface area (Å²) in [5.41, 5.74) is 5.05. The summed E-state index contributed by atoms with van der Waals surface area (Å²) in [6, 6.07) is 2.16. The van der Waals surface area contributed by atoms with Crippen molar-refractivity contribution >= 4 is 5.97 Å². The summed E-state index contributed by atoms with van der Waals surface area (Å²) in [7, 11) is 0. The smallest absolute Gasteiger partial charge is 0.325 e. The van der Waals surface area contributed by atoms with E-state index >= 15 is 0 Å². The highest BCUT2D eigenvalue weighted by Crippen LogP contribution is 2.25. The van der Waals surface area contributed by atoms with Crippen molar-refractivity contribution in [2.75, 3.05) is 0 Å². The van der Waals surface area contributed by atoms with E-state index in [2.05, 4.69) is 0 Å². The Kier molecular flexibility index (Phi) is 2.48. The lowest BCUT2D eigenvalue weighted by atomic mass is 10.1. The molecule has 0 fully saturated rings. The number of benzene rings is 1. The molecule has 0 aliphatic carbocycles. The first-order valence-electron chi connectivity index (χ1n) is 3.50. The maximum absolute atomic E-state index is 12.7. The zero-order valence-electron chi connectivity index (χ0n) is 6.57. The predicted molar refractivity (Wildman–Crippen MR) is 42.6 cm³/mol. The van der Waals surface area contributed by atoms with Gasteiger partial charge >= 0.3 is 5.97 Å². The van der Waals surface area contributed by atoms with E-state index in [0.717, 1.165) is 6.07 Å². The molecule has 0 aliphatic rings. The predicted octanol–water partition coefficient (Wildman–Crippen LogP) is 0.616. The van der Waals surface area contributed by atoms with E-state index in [1.807, 2.05) is 0 Å². The van der Waals surface area contributed by atoms with Gasteiger partial charge in [-0.05, 0) is 6.07 Å². The van der Waals surface area contributed by atoms with E-state index in [4.69, 9.17) is 15.9 Å². The zero-order valence-corrected chi connectivity index (χ0v) is 6.57. The fraction of sp³-hybridized carbons (Fsp3) is 0.125.